The van der Waals surface area contributed by atoms with E-state index < -0.39 is 0 Å². The van der Waals surface area contributed by atoms with Crippen molar-refractivity contribution < 1.29 is 9.53 Å². The van der Waals surface area contributed by atoms with Crippen molar-refractivity contribution in [2.75, 3.05) is 25.0 Å². The molecule has 0 bridgehead atoms. The van der Waals surface area contributed by atoms with Gasteiger partial charge in [-0.25, -0.2) is 4.79 Å². The summed E-state index contributed by atoms with van der Waals surface area (Å²) in [6.45, 7) is 2.13. The molecule has 1 aromatic carbocycles. The van der Waals surface area contributed by atoms with Crippen LogP contribution in [0, 0.1) is 0 Å². The van der Waals surface area contributed by atoms with E-state index in [1.165, 1.54) is 0 Å². The lowest BCUT2D eigenvalue weighted by Gasteiger charge is -2.36. The third-order valence-corrected chi connectivity index (χ3v) is 5.41. The van der Waals surface area contributed by atoms with Gasteiger partial charge >= 0.3 is 6.03 Å². The Balaban J connectivity index is 1.43. The molecule has 1 N–H and O–H groups in total. The number of carbonyl (C=O) groups is 1. The zero-order valence-electron chi connectivity index (χ0n) is 14.0. The van der Waals surface area contributed by atoms with Crippen LogP contribution in [0.1, 0.15) is 12.0 Å². The van der Waals surface area contributed by atoms with Gasteiger partial charge in [-0.3, -0.25) is 0 Å². The summed E-state index contributed by atoms with van der Waals surface area (Å²) < 4.78 is 5.84. The molecule has 7 heteroatoms. The highest BCUT2D eigenvalue weighted by Gasteiger charge is 2.41. The van der Waals surface area contributed by atoms with Crippen molar-refractivity contribution in [1.29, 1.82) is 0 Å². The number of nitrogens with one attached hydrogen (secondary N) is 1. The first-order valence-electron chi connectivity index (χ1n) is 8.58. The van der Waals surface area contributed by atoms with Crippen LogP contribution in [-0.4, -0.2) is 53.3 Å². The molecule has 2 aromatic rings. The van der Waals surface area contributed by atoms with Crippen LogP contribution in [0.5, 0.6) is 5.75 Å². The van der Waals surface area contributed by atoms with Crippen LogP contribution in [0.2, 0.25) is 0 Å². The fourth-order valence-electron chi connectivity index (χ4n) is 4.02. The molecule has 25 heavy (non-hydrogen) atoms. The molecule has 2 saturated heterocycles. The normalized spacial score (nSPS) is 24.1. The second-order valence-corrected chi connectivity index (χ2v) is 6.83. The van der Waals surface area contributed by atoms with Crippen molar-refractivity contribution in [2.24, 2.45) is 0 Å². The average molecular weight is 337 g/mol. The predicted molar refractivity (Wildman–Crippen MR) is 92.5 cm³/mol. The van der Waals surface area contributed by atoms with E-state index in [0.717, 1.165) is 47.9 Å². The largest absolute Gasteiger partial charge is 0.488 e. The molecule has 2 atom stereocenters. The Morgan fingerprint density at radius 1 is 1.28 bits per heavy atom. The minimum Gasteiger partial charge on any atom is -0.488 e. The minimum absolute atomic E-state index is 0.0124. The lowest BCUT2D eigenvalue weighted by atomic mass is 9.99. The van der Waals surface area contributed by atoms with E-state index in [2.05, 4.69) is 26.5 Å². The zero-order valence-corrected chi connectivity index (χ0v) is 14.0. The van der Waals surface area contributed by atoms with Gasteiger partial charge in [0.25, 0.3) is 0 Å². The molecule has 3 aliphatic heterocycles. The summed E-state index contributed by atoms with van der Waals surface area (Å²) in [4.78, 5) is 15.9. The molecule has 5 rings (SSSR count). The molecule has 0 radical (unpaired) electrons. The molecule has 1 aromatic heterocycles. The Morgan fingerprint density at radius 3 is 3.08 bits per heavy atom. The topological polar surface area (TPSA) is 70.6 Å². The first kappa shape index (κ1) is 14.5. The van der Waals surface area contributed by atoms with E-state index >= 15 is 0 Å². The summed E-state index contributed by atoms with van der Waals surface area (Å²) >= 11 is 0. The van der Waals surface area contributed by atoms with Crippen molar-refractivity contribution >= 4 is 11.8 Å². The number of piperidine rings is 1. The van der Waals surface area contributed by atoms with E-state index in [-0.39, 0.29) is 18.1 Å². The van der Waals surface area contributed by atoms with E-state index in [9.17, 15) is 4.79 Å². The third-order valence-electron chi connectivity index (χ3n) is 5.41. The van der Waals surface area contributed by atoms with E-state index in [0.29, 0.717) is 6.61 Å². The molecule has 0 saturated carbocycles. The number of amides is 2. The highest BCUT2D eigenvalue weighted by atomic mass is 16.5. The number of aromatic nitrogens is 2. The van der Waals surface area contributed by atoms with Gasteiger partial charge in [0.1, 0.15) is 18.1 Å². The summed E-state index contributed by atoms with van der Waals surface area (Å²) in [5.74, 6) is 1.71. The van der Waals surface area contributed by atoms with Gasteiger partial charge in [0.2, 0.25) is 0 Å². The maximum atomic E-state index is 11.8. The number of benzene rings is 1. The van der Waals surface area contributed by atoms with Crippen molar-refractivity contribution in [2.45, 2.75) is 25.1 Å². The first-order valence-corrected chi connectivity index (χ1v) is 8.58. The number of carbonyl (C=O) groups excluding carboxylic acids is 1. The molecule has 3 aliphatic rings. The number of likely N-dealkylation sites (N-methyl/N-ethyl adjacent to an activating group) is 1. The SMILES string of the molecule is CN1C(=O)N[C@@H]2CN(c3cc4c(nn3)-c3ccccc3OC4)CC[C@@H]21. The third kappa shape index (κ3) is 2.22. The molecule has 7 nitrogen and oxygen atoms in total. The van der Waals surface area contributed by atoms with Gasteiger partial charge in [0.15, 0.2) is 5.82 Å². The van der Waals surface area contributed by atoms with Gasteiger partial charge in [0.05, 0.1) is 12.1 Å². The maximum Gasteiger partial charge on any atom is 0.317 e. The minimum atomic E-state index is 0.0124. The van der Waals surface area contributed by atoms with Gasteiger partial charge in [-0.2, -0.15) is 0 Å². The summed E-state index contributed by atoms with van der Waals surface area (Å²) in [5.41, 5.74) is 2.94. The van der Waals surface area contributed by atoms with E-state index in [4.69, 9.17) is 4.74 Å². The summed E-state index contributed by atoms with van der Waals surface area (Å²) in [6.07, 6.45) is 0.929. The Morgan fingerprint density at radius 2 is 2.16 bits per heavy atom. The van der Waals surface area contributed by atoms with Crippen LogP contribution in [0.3, 0.4) is 0 Å². The van der Waals surface area contributed by atoms with Crippen LogP contribution in [0.4, 0.5) is 10.6 Å². The van der Waals surface area contributed by atoms with E-state index in [1.807, 2.05) is 36.2 Å². The number of anilines is 1. The number of ether oxygens (including phenoxy) is 1. The quantitative estimate of drug-likeness (QED) is 0.857. The molecule has 4 heterocycles. The number of rotatable bonds is 1. The molecule has 0 aliphatic carbocycles. The Labute approximate surface area is 145 Å². The van der Waals surface area contributed by atoms with Crippen LogP contribution in [0.15, 0.2) is 30.3 Å². The smallest absolute Gasteiger partial charge is 0.317 e. The number of fused-ring (bicyclic) bond motifs is 4. The highest BCUT2D eigenvalue weighted by molar-refractivity contribution is 5.78. The van der Waals surface area contributed by atoms with E-state index in [1.54, 1.807) is 0 Å². The summed E-state index contributed by atoms with van der Waals surface area (Å²) in [5, 5.41) is 12.0. The summed E-state index contributed by atoms with van der Waals surface area (Å²) in [7, 11) is 1.86. The van der Waals surface area contributed by atoms with Crippen molar-refractivity contribution in [3.63, 3.8) is 0 Å². The fourth-order valence-corrected chi connectivity index (χ4v) is 4.02. The van der Waals surface area contributed by atoms with Crippen LogP contribution in [0.25, 0.3) is 11.3 Å². The predicted octanol–water partition coefficient (Wildman–Crippen LogP) is 1.64. The maximum absolute atomic E-state index is 11.8. The molecular formula is C18H19N5O2. The zero-order chi connectivity index (χ0) is 17.0. The van der Waals surface area contributed by atoms with Crippen molar-refractivity contribution in [1.82, 2.24) is 20.4 Å². The van der Waals surface area contributed by atoms with Crippen molar-refractivity contribution in [3.8, 4) is 17.0 Å². The van der Waals surface area contributed by atoms with Crippen LogP contribution < -0.4 is 15.0 Å². The molecule has 0 unspecified atom stereocenters. The standard InChI is InChI=1S/C18H19N5O2/c1-22-14-6-7-23(9-13(14)19-18(22)24)16-8-11-10-25-15-5-3-2-4-12(15)17(11)21-20-16/h2-5,8,13-14H,6-7,9-10H2,1H3,(H,19,24)/t13-,14+/m1/s1. The van der Waals surface area contributed by atoms with Gasteiger partial charge in [-0.15, -0.1) is 10.2 Å². The number of hydrogen-bond donors (Lipinski definition) is 1. The monoisotopic (exact) mass is 337 g/mol. The van der Waals surface area contributed by atoms with Gasteiger partial charge in [-0.1, -0.05) is 12.1 Å². The van der Waals surface area contributed by atoms with Gasteiger partial charge in [-0.05, 0) is 24.6 Å². The molecular weight excluding hydrogens is 318 g/mol. The number of para-hydroxylation sites is 1. The van der Waals surface area contributed by atoms with Crippen LogP contribution in [-0.2, 0) is 6.61 Å². The average Bonchev–Trinajstić information content (AvgIpc) is 2.94. The Bertz CT molecular complexity index is 855. The number of nitrogens with zero attached hydrogens (tertiary/aromatic N) is 4. The lowest BCUT2D eigenvalue weighted by molar-refractivity contribution is 0.212. The molecule has 2 amide bonds. The van der Waals surface area contributed by atoms with Crippen molar-refractivity contribution in [3.05, 3.63) is 35.9 Å². The lowest BCUT2D eigenvalue weighted by Crippen LogP contribution is -2.51. The van der Waals surface area contributed by atoms with Gasteiger partial charge in [0, 0.05) is 31.3 Å². The Hall–Kier alpha value is -2.83. The Kier molecular flexibility index (Phi) is 3.10. The second-order valence-electron chi connectivity index (χ2n) is 6.83. The fraction of sp³-hybridized carbons (Fsp3) is 0.389. The second kappa shape index (κ2) is 5.34. The summed E-state index contributed by atoms with van der Waals surface area (Å²) in [6, 6.07) is 10.4. The first-order chi connectivity index (χ1) is 12.2. The molecule has 128 valence electrons. The number of hydrogen-bond acceptors (Lipinski definition) is 5. The molecule has 0 spiro atoms. The van der Waals surface area contributed by atoms with Gasteiger partial charge < -0.3 is 19.9 Å². The number of urea groups is 1. The molecule has 2 fully saturated rings. The highest BCUT2D eigenvalue weighted by Crippen LogP contribution is 2.36. The van der Waals surface area contributed by atoms with Crippen LogP contribution >= 0.6 is 0 Å².